The summed E-state index contributed by atoms with van der Waals surface area (Å²) >= 11 is 0. The molecule has 6 nitrogen and oxygen atoms in total. The summed E-state index contributed by atoms with van der Waals surface area (Å²) in [6, 6.07) is 0. The van der Waals surface area contributed by atoms with E-state index in [2.05, 4.69) is 13.5 Å². The number of carbonyl (C=O) groups excluding carboxylic acids is 3. The highest BCUT2D eigenvalue weighted by molar-refractivity contribution is 5.88. The topological polar surface area (TPSA) is 78.9 Å². The summed E-state index contributed by atoms with van der Waals surface area (Å²) < 4.78 is 15.5. The Morgan fingerprint density at radius 1 is 1.43 bits per heavy atom. The van der Waals surface area contributed by atoms with Crippen molar-refractivity contribution >= 4 is 17.9 Å². The van der Waals surface area contributed by atoms with Crippen molar-refractivity contribution in [1.29, 1.82) is 0 Å². The number of fused-ring (bicyclic) bond motifs is 1. The molecule has 5 unspecified atom stereocenters. The number of carbonyl (C=O) groups is 3. The maximum atomic E-state index is 11.8. The summed E-state index contributed by atoms with van der Waals surface area (Å²) in [6.45, 7) is 6.56. The molecular weight excluding hydrogens is 276 g/mol. The fourth-order valence-electron chi connectivity index (χ4n) is 3.95. The lowest BCUT2D eigenvalue weighted by atomic mass is 9.88. The van der Waals surface area contributed by atoms with Crippen molar-refractivity contribution in [2.75, 3.05) is 6.61 Å². The van der Waals surface area contributed by atoms with Crippen LogP contribution in [0.2, 0.25) is 0 Å². The maximum Gasteiger partial charge on any atom is 0.344 e. The van der Waals surface area contributed by atoms with Gasteiger partial charge in [0.2, 0.25) is 0 Å². The second-order valence-corrected chi connectivity index (χ2v) is 6.15. The first kappa shape index (κ1) is 14.1. The minimum Gasteiger partial charge on any atom is -0.458 e. The van der Waals surface area contributed by atoms with Gasteiger partial charge in [-0.15, -0.1) is 0 Å². The number of esters is 3. The van der Waals surface area contributed by atoms with Crippen LogP contribution in [0.5, 0.6) is 0 Å². The van der Waals surface area contributed by atoms with Crippen LogP contribution < -0.4 is 0 Å². The van der Waals surface area contributed by atoms with Gasteiger partial charge in [0.1, 0.15) is 12.2 Å². The van der Waals surface area contributed by atoms with Crippen molar-refractivity contribution in [3.63, 3.8) is 0 Å². The molecule has 6 atom stereocenters. The molecule has 1 heterocycles. The van der Waals surface area contributed by atoms with Crippen LogP contribution in [0, 0.1) is 23.7 Å². The van der Waals surface area contributed by atoms with E-state index < -0.39 is 24.6 Å². The Bertz CT molecular complexity index is 524. The Morgan fingerprint density at radius 2 is 2.14 bits per heavy atom. The third-order valence-electron chi connectivity index (χ3n) is 4.89. The molecule has 0 spiro atoms. The average Bonchev–Trinajstić information content (AvgIpc) is 2.97. The van der Waals surface area contributed by atoms with Gasteiger partial charge in [-0.2, -0.15) is 0 Å². The first-order valence-electron chi connectivity index (χ1n) is 7.12. The van der Waals surface area contributed by atoms with E-state index in [-0.39, 0.29) is 35.4 Å². The second-order valence-electron chi connectivity index (χ2n) is 6.15. The highest BCUT2D eigenvalue weighted by atomic mass is 16.6. The minimum absolute atomic E-state index is 0.0359. The van der Waals surface area contributed by atoms with Crippen molar-refractivity contribution < 1.29 is 28.6 Å². The molecule has 1 saturated heterocycles. The van der Waals surface area contributed by atoms with Crippen molar-refractivity contribution in [2.24, 2.45) is 23.7 Å². The number of hydrogen-bond acceptors (Lipinski definition) is 6. The molecule has 0 N–H and O–H groups in total. The summed E-state index contributed by atoms with van der Waals surface area (Å²) in [5, 5.41) is 0. The van der Waals surface area contributed by atoms with Crippen LogP contribution in [0.25, 0.3) is 0 Å². The lowest BCUT2D eigenvalue weighted by molar-refractivity contribution is -0.168. The molecular formula is C15H18O6. The van der Waals surface area contributed by atoms with E-state index in [1.807, 2.05) is 0 Å². The van der Waals surface area contributed by atoms with Crippen molar-refractivity contribution in [3.8, 4) is 0 Å². The maximum absolute atomic E-state index is 11.8. The summed E-state index contributed by atoms with van der Waals surface area (Å²) in [4.78, 5) is 34.7. The first-order valence-corrected chi connectivity index (χ1v) is 7.12. The summed E-state index contributed by atoms with van der Waals surface area (Å²) in [5.41, 5.74) is 0.226. The number of rotatable bonds is 4. The molecule has 0 radical (unpaired) electrons. The van der Waals surface area contributed by atoms with Gasteiger partial charge in [-0.25, -0.2) is 9.59 Å². The molecule has 114 valence electrons. The molecule has 3 fully saturated rings. The molecule has 2 bridgehead atoms. The summed E-state index contributed by atoms with van der Waals surface area (Å²) in [6.07, 6.45) is -0.0363. The fourth-order valence-corrected chi connectivity index (χ4v) is 3.95. The lowest BCUT2D eigenvalue weighted by Gasteiger charge is -2.25. The SMILES string of the molecule is C=C(C)C(=O)OCC(=O)OC1C2OC(=O)C3CC1[C@@H](C)C32. The van der Waals surface area contributed by atoms with Gasteiger partial charge < -0.3 is 14.2 Å². The van der Waals surface area contributed by atoms with Crippen LogP contribution >= 0.6 is 0 Å². The van der Waals surface area contributed by atoms with Gasteiger partial charge in [0.15, 0.2) is 6.61 Å². The first-order chi connectivity index (χ1) is 9.90. The van der Waals surface area contributed by atoms with Crippen LogP contribution in [-0.2, 0) is 28.6 Å². The minimum atomic E-state index is -0.624. The number of hydrogen-bond donors (Lipinski definition) is 0. The molecule has 0 amide bonds. The van der Waals surface area contributed by atoms with E-state index in [9.17, 15) is 14.4 Å². The smallest absolute Gasteiger partial charge is 0.344 e. The average molecular weight is 294 g/mol. The quantitative estimate of drug-likeness (QED) is 0.434. The van der Waals surface area contributed by atoms with E-state index in [1.165, 1.54) is 6.92 Å². The standard InChI is InChI=1S/C15H18O6/c1-6(2)14(17)19-5-10(16)20-12-8-4-9-11(7(8)3)13(12)21-15(9)18/h7-9,11-13H,1,4-5H2,2-3H3/t7-,8?,9?,11?,12?,13?/m1/s1. The van der Waals surface area contributed by atoms with E-state index >= 15 is 0 Å². The van der Waals surface area contributed by atoms with Crippen LogP contribution in [0.4, 0.5) is 0 Å². The summed E-state index contributed by atoms with van der Waals surface area (Å²) in [7, 11) is 0. The van der Waals surface area contributed by atoms with Crippen molar-refractivity contribution in [2.45, 2.75) is 32.5 Å². The molecule has 0 aromatic heterocycles. The molecule has 3 aliphatic rings. The highest BCUT2D eigenvalue weighted by Gasteiger charge is 2.66. The zero-order chi connectivity index (χ0) is 15.3. The highest BCUT2D eigenvalue weighted by Crippen LogP contribution is 2.58. The van der Waals surface area contributed by atoms with E-state index in [1.54, 1.807) is 0 Å². The molecule has 0 aromatic rings. The van der Waals surface area contributed by atoms with Gasteiger partial charge in [-0.05, 0) is 19.3 Å². The van der Waals surface area contributed by atoms with E-state index in [4.69, 9.17) is 14.2 Å². The Kier molecular flexibility index (Phi) is 3.26. The van der Waals surface area contributed by atoms with E-state index in [0.29, 0.717) is 12.3 Å². The Labute approximate surface area is 122 Å². The molecule has 6 heteroatoms. The molecule has 0 aromatic carbocycles. The number of ether oxygens (including phenoxy) is 3. The zero-order valence-corrected chi connectivity index (χ0v) is 12.0. The third kappa shape index (κ3) is 2.13. The Balaban J connectivity index is 1.59. The molecule has 21 heavy (non-hydrogen) atoms. The zero-order valence-electron chi connectivity index (χ0n) is 12.0. The fraction of sp³-hybridized carbons (Fsp3) is 0.667. The van der Waals surface area contributed by atoms with Crippen molar-refractivity contribution in [3.05, 3.63) is 12.2 Å². The monoisotopic (exact) mass is 294 g/mol. The van der Waals surface area contributed by atoms with Crippen LogP contribution in [0.1, 0.15) is 20.3 Å². The Hall–Kier alpha value is -1.85. The van der Waals surface area contributed by atoms with Gasteiger partial charge in [0, 0.05) is 17.4 Å². The van der Waals surface area contributed by atoms with Gasteiger partial charge >= 0.3 is 17.9 Å². The predicted octanol–water partition coefficient (Wildman–Crippen LogP) is 0.845. The van der Waals surface area contributed by atoms with Gasteiger partial charge in [0.25, 0.3) is 0 Å². The van der Waals surface area contributed by atoms with Crippen LogP contribution in [-0.4, -0.2) is 36.7 Å². The van der Waals surface area contributed by atoms with Crippen LogP contribution in [0.15, 0.2) is 12.2 Å². The van der Waals surface area contributed by atoms with Gasteiger partial charge in [0.05, 0.1) is 5.92 Å². The lowest BCUT2D eigenvalue weighted by Crippen LogP contribution is -2.37. The van der Waals surface area contributed by atoms with Gasteiger partial charge in [-0.1, -0.05) is 13.5 Å². The molecule has 2 aliphatic carbocycles. The molecule has 1 aliphatic heterocycles. The van der Waals surface area contributed by atoms with E-state index in [0.717, 1.165) is 0 Å². The van der Waals surface area contributed by atoms with Gasteiger partial charge in [-0.3, -0.25) is 4.79 Å². The third-order valence-corrected chi connectivity index (χ3v) is 4.89. The Morgan fingerprint density at radius 3 is 2.81 bits per heavy atom. The predicted molar refractivity (Wildman–Crippen MR) is 69.8 cm³/mol. The summed E-state index contributed by atoms with van der Waals surface area (Å²) in [5.74, 6) is -0.843. The van der Waals surface area contributed by atoms with Crippen LogP contribution in [0.3, 0.4) is 0 Å². The second kappa shape index (κ2) is 4.86. The largest absolute Gasteiger partial charge is 0.458 e. The molecule has 2 saturated carbocycles. The molecule has 3 rings (SSSR count). The van der Waals surface area contributed by atoms with Crippen molar-refractivity contribution in [1.82, 2.24) is 0 Å². The normalized spacial score (nSPS) is 39.0.